The zero-order chi connectivity index (χ0) is 33.9. The van der Waals surface area contributed by atoms with Crippen LogP contribution in [0.1, 0.15) is 156 Å². The lowest BCUT2D eigenvalue weighted by molar-refractivity contribution is -0.148. The van der Waals surface area contributed by atoms with Gasteiger partial charge in [-0.25, -0.2) is 0 Å². The Bertz CT molecular complexity index is 1000. The highest BCUT2D eigenvalue weighted by atomic mass is 16.2. The van der Waals surface area contributed by atoms with Crippen molar-refractivity contribution in [3.63, 3.8) is 0 Å². The number of nitrogens with zero attached hydrogens (tertiary/aromatic N) is 1. The van der Waals surface area contributed by atoms with E-state index in [1.807, 2.05) is 20.8 Å². The van der Waals surface area contributed by atoms with Crippen LogP contribution in [-0.4, -0.2) is 70.8 Å². The summed E-state index contributed by atoms with van der Waals surface area (Å²) in [5, 5.41) is 8.57. The van der Waals surface area contributed by atoms with Crippen molar-refractivity contribution in [2.24, 2.45) is 5.92 Å². The Morgan fingerprint density at radius 2 is 1.30 bits per heavy atom. The number of Topliss-reactive ketones (excluding diaryl/α,β-unsaturated/α-hetero) is 2. The second kappa shape index (κ2) is 21.9. The Hall–Kier alpha value is -2.78. The van der Waals surface area contributed by atoms with Crippen LogP contribution in [0, 0.1) is 5.92 Å². The van der Waals surface area contributed by atoms with Crippen LogP contribution in [0.15, 0.2) is 0 Å². The molecule has 10 nitrogen and oxygen atoms in total. The zero-order valence-corrected chi connectivity index (χ0v) is 29.1. The van der Waals surface area contributed by atoms with Crippen molar-refractivity contribution in [3.8, 4) is 0 Å². The van der Waals surface area contributed by atoms with Gasteiger partial charge in [-0.05, 0) is 44.4 Å². The maximum absolute atomic E-state index is 13.9. The number of amides is 4. The van der Waals surface area contributed by atoms with Crippen LogP contribution in [0.4, 0.5) is 0 Å². The standard InChI is InChI=1S/C36H62N4O6/c1-5-8-9-10-11-12-13-15-21-28(42)25-30-34(44)39-32(26(4)6-2)36(46)40-24-19-18-23-31(40)35(45)37-29(33(43)38-30)22-17-14-16-20-27(41)7-3/h26,29-32H,5-25H2,1-4H3,(H,37,45)(H,38,43)(H,39,44)/t26-,29+,30+,31-,32?/m1/s1. The fraction of sp³-hybridized carbons (Fsp3) is 0.833. The second-order valence-electron chi connectivity index (χ2n) is 13.5. The van der Waals surface area contributed by atoms with E-state index in [1.165, 1.54) is 25.7 Å². The van der Waals surface area contributed by atoms with Gasteiger partial charge in [0.15, 0.2) is 0 Å². The van der Waals surface area contributed by atoms with Gasteiger partial charge in [0.05, 0.1) is 0 Å². The molecule has 0 bridgehead atoms. The first-order valence-corrected chi connectivity index (χ1v) is 18.4. The van der Waals surface area contributed by atoms with E-state index in [9.17, 15) is 28.8 Å². The van der Waals surface area contributed by atoms with E-state index in [2.05, 4.69) is 22.9 Å². The summed E-state index contributed by atoms with van der Waals surface area (Å²) in [6, 6.07) is -3.65. The van der Waals surface area contributed by atoms with Crippen molar-refractivity contribution in [2.75, 3.05) is 6.54 Å². The number of piperidine rings is 1. The number of fused-ring (bicyclic) bond motifs is 1. The topological polar surface area (TPSA) is 142 Å². The average molecular weight is 647 g/mol. The van der Waals surface area contributed by atoms with Gasteiger partial charge in [0.25, 0.3) is 0 Å². The number of carbonyl (C=O) groups excluding carboxylic acids is 6. The Morgan fingerprint density at radius 3 is 1.96 bits per heavy atom. The van der Waals surface area contributed by atoms with Crippen LogP contribution in [0.3, 0.4) is 0 Å². The van der Waals surface area contributed by atoms with Crippen LogP contribution in [0.2, 0.25) is 0 Å². The van der Waals surface area contributed by atoms with Crippen LogP contribution in [0.25, 0.3) is 0 Å². The fourth-order valence-electron chi connectivity index (χ4n) is 6.41. The molecule has 0 aromatic rings. The van der Waals surface area contributed by atoms with Crippen LogP contribution in [-0.2, 0) is 28.8 Å². The van der Waals surface area contributed by atoms with E-state index in [0.717, 1.165) is 44.9 Å². The maximum Gasteiger partial charge on any atom is 0.246 e. The van der Waals surface area contributed by atoms with Gasteiger partial charge in [-0.15, -0.1) is 0 Å². The van der Waals surface area contributed by atoms with Crippen LogP contribution in [0.5, 0.6) is 0 Å². The van der Waals surface area contributed by atoms with Gasteiger partial charge in [-0.1, -0.05) is 91.9 Å². The minimum absolute atomic E-state index is 0.109. The molecule has 2 rings (SSSR count). The number of hydrogen-bond donors (Lipinski definition) is 3. The molecule has 0 aliphatic carbocycles. The van der Waals surface area contributed by atoms with E-state index in [4.69, 9.17) is 0 Å². The Kier molecular flexibility index (Phi) is 18.8. The highest BCUT2D eigenvalue weighted by molar-refractivity contribution is 5.99. The van der Waals surface area contributed by atoms with Gasteiger partial charge < -0.3 is 20.9 Å². The molecule has 10 heteroatoms. The molecule has 2 heterocycles. The van der Waals surface area contributed by atoms with Gasteiger partial charge in [0.1, 0.15) is 35.7 Å². The molecule has 3 N–H and O–H groups in total. The molecule has 0 saturated carbocycles. The third kappa shape index (κ3) is 13.5. The summed E-state index contributed by atoms with van der Waals surface area (Å²) < 4.78 is 0. The van der Waals surface area contributed by atoms with Gasteiger partial charge in [0, 0.05) is 32.2 Å². The maximum atomic E-state index is 13.9. The van der Waals surface area contributed by atoms with E-state index < -0.39 is 36.0 Å². The minimum Gasteiger partial charge on any atom is -0.343 e. The number of unbranched alkanes of at least 4 members (excludes halogenated alkanes) is 9. The van der Waals surface area contributed by atoms with Crippen LogP contribution >= 0.6 is 0 Å². The summed E-state index contributed by atoms with van der Waals surface area (Å²) in [6.45, 7) is 8.26. The molecule has 0 spiro atoms. The molecule has 2 aliphatic rings. The van der Waals surface area contributed by atoms with E-state index in [1.54, 1.807) is 4.90 Å². The van der Waals surface area contributed by atoms with Crippen molar-refractivity contribution >= 4 is 35.2 Å². The van der Waals surface area contributed by atoms with E-state index in [-0.39, 0.29) is 35.7 Å². The lowest BCUT2D eigenvalue weighted by Crippen LogP contribution is -2.64. The monoisotopic (exact) mass is 646 g/mol. The minimum atomic E-state index is -1.15. The number of carbonyl (C=O) groups is 6. The molecule has 1 unspecified atom stereocenters. The molecule has 0 radical (unpaired) electrons. The lowest BCUT2D eigenvalue weighted by atomic mass is 9.93. The largest absolute Gasteiger partial charge is 0.343 e. The van der Waals surface area contributed by atoms with Crippen molar-refractivity contribution in [1.29, 1.82) is 0 Å². The smallest absolute Gasteiger partial charge is 0.246 e. The third-order valence-electron chi connectivity index (χ3n) is 9.72. The first kappa shape index (κ1) is 39.4. The number of nitrogens with one attached hydrogen (secondary N) is 3. The Balaban J connectivity index is 2.21. The molecule has 2 aliphatic heterocycles. The molecular weight excluding hydrogens is 584 g/mol. The first-order valence-electron chi connectivity index (χ1n) is 18.4. The number of hydrogen-bond acceptors (Lipinski definition) is 6. The predicted molar refractivity (Wildman–Crippen MR) is 180 cm³/mol. The molecule has 5 atom stereocenters. The molecule has 4 amide bonds. The lowest BCUT2D eigenvalue weighted by Gasteiger charge is -2.39. The molecule has 46 heavy (non-hydrogen) atoms. The molecule has 0 aromatic heterocycles. The number of ketones is 2. The first-order chi connectivity index (χ1) is 22.1. The molecule has 0 aromatic carbocycles. The SMILES string of the molecule is CCCCCCCCCCC(=O)C[C@@H]1NC(=O)[C@H](CCCCCC(=O)CC)NC(=O)[C@H]2CCCCN2C(=O)C([C@H](C)CC)NC1=O. The van der Waals surface area contributed by atoms with Crippen molar-refractivity contribution in [1.82, 2.24) is 20.9 Å². The Labute approximate surface area is 277 Å². The van der Waals surface area contributed by atoms with Crippen LogP contribution < -0.4 is 16.0 Å². The summed E-state index contributed by atoms with van der Waals surface area (Å²) in [7, 11) is 0. The fourth-order valence-corrected chi connectivity index (χ4v) is 6.41. The summed E-state index contributed by atoms with van der Waals surface area (Å²) in [4.78, 5) is 81.4. The normalized spacial score (nSPS) is 23.3. The van der Waals surface area contributed by atoms with Gasteiger partial charge >= 0.3 is 0 Å². The summed E-state index contributed by atoms with van der Waals surface area (Å²) >= 11 is 0. The van der Waals surface area contributed by atoms with Gasteiger partial charge in [-0.3, -0.25) is 28.8 Å². The zero-order valence-electron chi connectivity index (χ0n) is 29.1. The van der Waals surface area contributed by atoms with Crippen molar-refractivity contribution in [3.05, 3.63) is 0 Å². The summed E-state index contributed by atoms with van der Waals surface area (Å²) in [5.41, 5.74) is 0. The van der Waals surface area contributed by atoms with Crippen molar-refractivity contribution < 1.29 is 28.8 Å². The van der Waals surface area contributed by atoms with Gasteiger partial charge in [0.2, 0.25) is 23.6 Å². The Morgan fingerprint density at radius 1 is 0.717 bits per heavy atom. The quantitative estimate of drug-likeness (QED) is 0.153. The van der Waals surface area contributed by atoms with E-state index in [0.29, 0.717) is 57.9 Å². The third-order valence-corrected chi connectivity index (χ3v) is 9.72. The highest BCUT2D eigenvalue weighted by Crippen LogP contribution is 2.22. The summed E-state index contributed by atoms with van der Waals surface area (Å²) in [5.74, 6) is -1.84. The highest BCUT2D eigenvalue weighted by Gasteiger charge is 2.41. The average Bonchev–Trinajstić information content (AvgIpc) is 3.05. The van der Waals surface area contributed by atoms with E-state index >= 15 is 0 Å². The molecule has 2 saturated heterocycles. The molecular formula is C36H62N4O6. The number of rotatable bonds is 20. The molecule has 262 valence electrons. The predicted octanol–water partition coefficient (Wildman–Crippen LogP) is 5.30. The molecule has 2 fully saturated rings. The van der Waals surface area contributed by atoms with Crippen molar-refractivity contribution in [2.45, 2.75) is 180 Å². The summed E-state index contributed by atoms with van der Waals surface area (Å²) in [6.07, 6.45) is 15.0. The second-order valence-corrected chi connectivity index (χ2v) is 13.5. The van der Waals surface area contributed by atoms with Gasteiger partial charge in [-0.2, -0.15) is 0 Å².